The SMILES string of the molecule is COc1ccc2[nH]c(C(=O)N3CC[C@@]4(CCCNC4)C3)c(C)c2c1. The highest BCUT2D eigenvalue weighted by Crippen LogP contribution is 2.37. The summed E-state index contributed by atoms with van der Waals surface area (Å²) in [6.45, 7) is 5.90. The van der Waals surface area contributed by atoms with Crippen molar-refractivity contribution in [1.29, 1.82) is 0 Å². The molecule has 3 heterocycles. The van der Waals surface area contributed by atoms with Crippen LogP contribution in [0.5, 0.6) is 5.75 Å². The Morgan fingerprint density at radius 2 is 2.21 bits per heavy atom. The van der Waals surface area contributed by atoms with E-state index in [4.69, 9.17) is 4.74 Å². The van der Waals surface area contributed by atoms with E-state index >= 15 is 0 Å². The van der Waals surface area contributed by atoms with Crippen molar-refractivity contribution in [2.24, 2.45) is 5.41 Å². The topological polar surface area (TPSA) is 57.4 Å². The van der Waals surface area contributed by atoms with Crippen molar-refractivity contribution >= 4 is 16.8 Å². The number of aromatic amines is 1. The second kappa shape index (κ2) is 5.81. The third-order valence-corrected chi connectivity index (χ3v) is 5.77. The van der Waals surface area contributed by atoms with Gasteiger partial charge in [-0.1, -0.05) is 0 Å². The van der Waals surface area contributed by atoms with Crippen LogP contribution < -0.4 is 10.1 Å². The minimum absolute atomic E-state index is 0.130. The van der Waals surface area contributed by atoms with Crippen molar-refractivity contribution in [3.63, 3.8) is 0 Å². The number of ether oxygens (including phenoxy) is 1. The maximum Gasteiger partial charge on any atom is 0.270 e. The minimum atomic E-state index is 0.130. The molecule has 5 nitrogen and oxygen atoms in total. The highest BCUT2D eigenvalue weighted by atomic mass is 16.5. The maximum atomic E-state index is 13.1. The first-order valence-electron chi connectivity index (χ1n) is 8.78. The molecule has 0 radical (unpaired) electrons. The molecule has 1 aromatic carbocycles. The number of likely N-dealkylation sites (tertiary alicyclic amines) is 1. The number of nitrogens with one attached hydrogen (secondary N) is 2. The van der Waals surface area contributed by atoms with Crippen LogP contribution in [0, 0.1) is 12.3 Å². The van der Waals surface area contributed by atoms with Crippen LogP contribution in [0.3, 0.4) is 0 Å². The van der Waals surface area contributed by atoms with Gasteiger partial charge in [-0.3, -0.25) is 4.79 Å². The number of hydrogen-bond donors (Lipinski definition) is 2. The monoisotopic (exact) mass is 327 g/mol. The number of piperidine rings is 1. The summed E-state index contributed by atoms with van der Waals surface area (Å²) in [5.74, 6) is 0.946. The quantitative estimate of drug-likeness (QED) is 0.892. The number of aryl methyl sites for hydroxylation is 1. The molecule has 1 aromatic heterocycles. The first kappa shape index (κ1) is 15.5. The third kappa shape index (κ3) is 2.47. The zero-order valence-corrected chi connectivity index (χ0v) is 14.4. The summed E-state index contributed by atoms with van der Waals surface area (Å²) in [6.07, 6.45) is 3.55. The highest BCUT2D eigenvalue weighted by Gasteiger charge is 2.41. The minimum Gasteiger partial charge on any atom is -0.497 e. The van der Waals surface area contributed by atoms with E-state index in [2.05, 4.69) is 10.3 Å². The number of methoxy groups -OCH3 is 1. The lowest BCUT2D eigenvalue weighted by atomic mass is 9.80. The van der Waals surface area contributed by atoms with Gasteiger partial charge in [-0.15, -0.1) is 0 Å². The number of carbonyl (C=O) groups is 1. The fraction of sp³-hybridized carbons (Fsp3) is 0.526. The maximum absolute atomic E-state index is 13.1. The predicted molar refractivity (Wildman–Crippen MR) is 94.6 cm³/mol. The van der Waals surface area contributed by atoms with Gasteiger partial charge in [0, 0.05) is 36.0 Å². The van der Waals surface area contributed by atoms with Crippen molar-refractivity contribution < 1.29 is 9.53 Å². The Morgan fingerprint density at radius 1 is 1.33 bits per heavy atom. The van der Waals surface area contributed by atoms with Gasteiger partial charge in [-0.25, -0.2) is 0 Å². The van der Waals surface area contributed by atoms with Crippen LogP contribution in [0.25, 0.3) is 10.9 Å². The molecule has 2 N–H and O–H groups in total. The standard InChI is InChI=1S/C19H25N3O2/c1-13-15-10-14(24-2)4-5-16(15)21-17(13)18(23)22-9-7-19(12-22)6-3-8-20-11-19/h4-5,10,20-21H,3,6-9,11-12H2,1-2H3/t19-/m1/s1. The molecule has 1 amide bonds. The van der Waals surface area contributed by atoms with E-state index in [-0.39, 0.29) is 11.3 Å². The molecule has 128 valence electrons. The smallest absolute Gasteiger partial charge is 0.270 e. The number of aromatic nitrogens is 1. The van der Waals surface area contributed by atoms with E-state index in [1.54, 1.807) is 7.11 Å². The number of amides is 1. The summed E-state index contributed by atoms with van der Waals surface area (Å²) in [6, 6.07) is 5.90. The molecule has 2 aliphatic rings. The van der Waals surface area contributed by atoms with Gasteiger partial charge in [0.25, 0.3) is 5.91 Å². The van der Waals surface area contributed by atoms with E-state index < -0.39 is 0 Å². The van der Waals surface area contributed by atoms with Gasteiger partial charge in [0.2, 0.25) is 0 Å². The van der Waals surface area contributed by atoms with Gasteiger partial charge in [-0.05, 0) is 56.5 Å². The van der Waals surface area contributed by atoms with Gasteiger partial charge in [0.15, 0.2) is 0 Å². The summed E-state index contributed by atoms with van der Waals surface area (Å²) in [5, 5.41) is 4.56. The molecule has 1 spiro atoms. The number of H-pyrrole nitrogens is 1. The molecule has 2 aliphatic heterocycles. The van der Waals surface area contributed by atoms with Crippen LogP contribution in [-0.4, -0.2) is 49.1 Å². The lowest BCUT2D eigenvalue weighted by Gasteiger charge is -2.33. The first-order valence-corrected chi connectivity index (χ1v) is 8.78. The Hall–Kier alpha value is -2.01. The van der Waals surface area contributed by atoms with E-state index in [9.17, 15) is 4.79 Å². The second-order valence-electron chi connectivity index (χ2n) is 7.29. The first-order chi connectivity index (χ1) is 11.6. The highest BCUT2D eigenvalue weighted by molar-refractivity contribution is 6.01. The zero-order chi connectivity index (χ0) is 16.7. The van der Waals surface area contributed by atoms with Crippen molar-refractivity contribution in [3.05, 3.63) is 29.5 Å². The van der Waals surface area contributed by atoms with Gasteiger partial charge in [-0.2, -0.15) is 0 Å². The molecule has 2 fully saturated rings. The Balaban J connectivity index is 1.60. The average molecular weight is 327 g/mol. The van der Waals surface area contributed by atoms with E-state index in [0.29, 0.717) is 0 Å². The Labute approximate surface area is 142 Å². The Bertz CT molecular complexity index is 774. The largest absolute Gasteiger partial charge is 0.497 e. The average Bonchev–Trinajstić information content (AvgIpc) is 3.17. The fourth-order valence-electron chi connectivity index (χ4n) is 4.29. The normalized spacial score (nSPS) is 24.0. The van der Waals surface area contributed by atoms with Crippen LogP contribution in [0.15, 0.2) is 18.2 Å². The number of rotatable bonds is 2. The molecule has 0 saturated carbocycles. The summed E-state index contributed by atoms with van der Waals surface area (Å²) in [7, 11) is 1.66. The summed E-state index contributed by atoms with van der Waals surface area (Å²) in [5.41, 5.74) is 3.01. The zero-order valence-electron chi connectivity index (χ0n) is 14.4. The van der Waals surface area contributed by atoms with E-state index in [0.717, 1.165) is 60.5 Å². The van der Waals surface area contributed by atoms with Crippen molar-refractivity contribution in [2.75, 3.05) is 33.3 Å². The number of nitrogens with zero attached hydrogens (tertiary/aromatic N) is 1. The van der Waals surface area contributed by atoms with Crippen LogP contribution in [0.2, 0.25) is 0 Å². The van der Waals surface area contributed by atoms with Crippen molar-refractivity contribution in [2.45, 2.75) is 26.2 Å². The van der Waals surface area contributed by atoms with E-state index in [1.165, 1.54) is 12.8 Å². The molecule has 2 saturated heterocycles. The van der Waals surface area contributed by atoms with Gasteiger partial charge in [0.1, 0.15) is 11.4 Å². The van der Waals surface area contributed by atoms with Crippen LogP contribution >= 0.6 is 0 Å². The molecule has 5 heteroatoms. The molecule has 0 aliphatic carbocycles. The number of benzene rings is 1. The van der Waals surface area contributed by atoms with E-state index in [1.807, 2.05) is 30.0 Å². The second-order valence-corrected chi connectivity index (χ2v) is 7.29. The Morgan fingerprint density at radius 3 is 2.96 bits per heavy atom. The third-order valence-electron chi connectivity index (χ3n) is 5.77. The predicted octanol–water partition coefficient (Wildman–Crippen LogP) is 2.70. The number of carbonyl (C=O) groups excluding carboxylic acids is 1. The van der Waals surface area contributed by atoms with Crippen LogP contribution in [0.4, 0.5) is 0 Å². The lowest BCUT2D eigenvalue weighted by Crippen LogP contribution is -2.42. The summed E-state index contributed by atoms with van der Waals surface area (Å²) >= 11 is 0. The fourth-order valence-corrected chi connectivity index (χ4v) is 4.29. The van der Waals surface area contributed by atoms with Crippen LogP contribution in [0.1, 0.15) is 35.3 Å². The molecule has 2 aromatic rings. The number of fused-ring (bicyclic) bond motifs is 1. The van der Waals surface area contributed by atoms with Gasteiger partial charge >= 0.3 is 0 Å². The molecule has 0 unspecified atom stereocenters. The molecule has 24 heavy (non-hydrogen) atoms. The van der Waals surface area contributed by atoms with Crippen LogP contribution in [-0.2, 0) is 0 Å². The summed E-state index contributed by atoms with van der Waals surface area (Å²) in [4.78, 5) is 18.4. The lowest BCUT2D eigenvalue weighted by molar-refractivity contribution is 0.0758. The molecular weight excluding hydrogens is 302 g/mol. The van der Waals surface area contributed by atoms with Gasteiger partial charge in [0.05, 0.1) is 7.11 Å². The molecule has 4 rings (SSSR count). The number of hydrogen-bond acceptors (Lipinski definition) is 3. The van der Waals surface area contributed by atoms with Crippen molar-refractivity contribution in [3.8, 4) is 5.75 Å². The van der Waals surface area contributed by atoms with Crippen molar-refractivity contribution in [1.82, 2.24) is 15.2 Å². The Kier molecular flexibility index (Phi) is 3.76. The molecular formula is C19H25N3O2. The summed E-state index contributed by atoms with van der Waals surface area (Å²) < 4.78 is 5.31. The van der Waals surface area contributed by atoms with Gasteiger partial charge < -0.3 is 19.9 Å². The molecule has 0 bridgehead atoms. The molecule has 1 atom stereocenters.